The first-order valence-electron chi connectivity index (χ1n) is 7.23. The van der Waals surface area contributed by atoms with Crippen LogP contribution in [0.3, 0.4) is 0 Å². The van der Waals surface area contributed by atoms with E-state index < -0.39 is 17.7 Å². The Hall–Kier alpha value is -1.73. The minimum absolute atomic E-state index is 0.0362. The van der Waals surface area contributed by atoms with Gasteiger partial charge in [0.1, 0.15) is 5.82 Å². The number of ether oxygens (including phenoxy) is 2. The first-order chi connectivity index (χ1) is 11.0. The summed E-state index contributed by atoms with van der Waals surface area (Å²) in [5.41, 5.74) is 0.249. The minimum Gasteiger partial charge on any atom is -0.452 e. The van der Waals surface area contributed by atoms with Crippen LogP contribution in [0.1, 0.15) is 18.4 Å². The quantitative estimate of drug-likeness (QED) is 0.603. The zero-order valence-corrected chi connectivity index (χ0v) is 14.0. The third-order valence-corrected chi connectivity index (χ3v) is 3.75. The van der Waals surface area contributed by atoms with Crippen molar-refractivity contribution in [1.82, 2.24) is 5.32 Å². The number of hydrogen-bond donors (Lipinski definition) is 1. The third kappa shape index (κ3) is 6.11. The van der Waals surface area contributed by atoms with Crippen LogP contribution in [0.15, 0.2) is 28.7 Å². The summed E-state index contributed by atoms with van der Waals surface area (Å²) in [7, 11) is 0. The van der Waals surface area contributed by atoms with Crippen molar-refractivity contribution in [2.75, 3.05) is 19.8 Å². The van der Waals surface area contributed by atoms with Crippen molar-refractivity contribution in [3.63, 3.8) is 0 Å². The van der Waals surface area contributed by atoms with Gasteiger partial charge in [0.15, 0.2) is 6.61 Å². The van der Waals surface area contributed by atoms with Gasteiger partial charge in [-0.05, 0) is 37.1 Å². The summed E-state index contributed by atoms with van der Waals surface area (Å²) in [4.78, 5) is 23.1. The van der Waals surface area contributed by atoms with Gasteiger partial charge in [-0.15, -0.1) is 0 Å². The number of esters is 1. The molecule has 1 amide bonds. The van der Waals surface area contributed by atoms with E-state index in [0.29, 0.717) is 17.6 Å². The van der Waals surface area contributed by atoms with Crippen molar-refractivity contribution in [1.29, 1.82) is 0 Å². The van der Waals surface area contributed by atoms with E-state index in [4.69, 9.17) is 9.47 Å². The van der Waals surface area contributed by atoms with Crippen molar-refractivity contribution >= 4 is 33.9 Å². The van der Waals surface area contributed by atoms with E-state index in [-0.39, 0.29) is 18.3 Å². The summed E-state index contributed by atoms with van der Waals surface area (Å²) in [6.45, 7) is 0.749. The number of hydrogen-bond acceptors (Lipinski definition) is 4. The third-order valence-electron chi connectivity index (χ3n) is 3.25. The van der Waals surface area contributed by atoms with Crippen LogP contribution in [0.2, 0.25) is 0 Å². The average Bonchev–Trinajstić information content (AvgIpc) is 3.05. The van der Waals surface area contributed by atoms with Gasteiger partial charge in [0.05, 0.1) is 6.10 Å². The first-order valence-corrected chi connectivity index (χ1v) is 8.02. The molecule has 0 aromatic heterocycles. The second-order valence-electron chi connectivity index (χ2n) is 5.05. The molecule has 1 aromatic rings. The number of halogens is 2. The molecule has 5 nitrogen and oxygen atoms in total. The van der Waals surface area contributed by atoms with Crippen LogP contribution in [0.4, 0.5) is 4.39 Å². The largest absolute Gasteiger partial charge is 0.452 e. The number of amides is 1. The topological polar surface area (TPSA) is 64.6 Å². The molecule has 1 saturated heterocycles. The highest BCUT2D eigenvalue weighted by Crippen LogP contribution is 2.16. The second-order valence-corrected chi connectivity index (χ2v) is 5.96. The van der Waals surface area contributed by atoms with E-state index in [1.165, 1.54) is 18.2 Å². The fraction of sp³-hybridized carbons (Fsp3) is 0.375. The van der Waals surface area contributed by atoms with Crippen molar-refractivity contribution in [2.24, 2.45) is 0 Å². The molecule has 0 radical (unpaired) electrons. The molecule has 2 rings (SSSR count). The summed E-state index contributed by atoms with van der Waals surface area (Å²) in [5.74, 6) is -1.56. The lowest BCUT2D eigenvalue weighted by Crippen LogP contribution is -2.34. The van der Waals surface area contributed by atoms with Crippen LogP contribution in [0.5, 0.6) is 0 Å². The fourth-order valence-electron chi connectivity index (χ4n) is 2.07. The van der Waals surface area contributed by atoms with Crippen molar-refractivity contribution in [3.05, 3.63) is 40.1 Å². The number of carbonyl (C=O) groups is 2. The van der Waals surface area contributed by atoms with Gasteiger partial charge in [-0.2, -0.15) is 0 Å². The summed E-state index contributed by atoms with van der Waals surface area (Å²) < 4.78 is 24.3. The second kappa shape index (κ2) is 8.79. The van der Waals surface area contributed by atoms with Gasteiger partial charge in [0.2, 0.25) is 0 Å². The van der Waals surface area contributed by atoms with Crippen LogP contribution in [0, 0.1) is 5.82 Å². The Morgan fingerprint density at radius 3 is 3.04 bits per heavy atom. The Balaban J connectivity index is 1.72. The smallest absolute Gasteiger partial charge is 0.331 e. The van der Waals surface area contributed by atoms with E-state index in [9.17, 15) is 14.0 Å². The molecule has 1 fully saturated rings. The van der Waals surface area contributed by atoms with Crippen LogP contribution in [-0.4, -0.2) is 37.7 Å². The first kappa shape index (κ1) is 17.6. The highest BCUT2D eigenvalue weighted by molar-refractivity contribution is 9.10. The summed E-state index contributed by atoms with van der Waals surface area (Å²) in [6.07, 6.45) is 4.33. The minimum atomic E-state index is -0.711. The number of benzene rings is 1. The molecule has 124 valence electrons. The van der Waals surface area contributed by atoms with Crippen LogP contribution in [0.25, 0.3) is 6.08 Å². The van der Waals surface area contributed by atoms with Gasteiger partial charge in [0.25, 0.3) is 5.91 Å². The van der Waals surface area contributed by atoms with E-state index >= 15 is 0 Å². The van der Waals surface area contributed by atoms with E-state index in [2.05, 4.69) is 21.2 Å². The molecule has 23 heavy (non-hydrogen) atoms. The molecule has 0 unspecified atom stereocenters. The van der Waals surface area contributed by atoms with E-state index in [1.54, 1.807) is 6.07 Å². The molecule has 7 heteroatoms. The fourth-order valence-corrected chi connectivity index (χ4v) is 2.45. The molecular formula is C16H17BrFNO4. The SMILES string of the molecule is O=C(COC(=O)/C=C/c1cc(Br)ccc1F)NC[C@@H]1CCCO1. The lowest BCUT2D eigenvalue weighted by molar-refractivity contribution is -0.143. The Morgan fingerprint density at radius 2 is 2.30 bits per heavy atom. The molecule has 1 heterocycles. The normalized spacial score (nSPS) is 17.4. The zero-order valence-electron chi connectivity index (χ0n) is 12.4. The van der Waals surface area contributed by atoms with E-state index in [0.717, 1.165) is 18.9 Å². The maximum atomic E-state index is 13.5. The zero-order chi connectivity index (χ0) is 16.7. The molecule has 1 atom stereocenters. The Morgan fingerprint density at radius 1 is 1.48 bits per heavy atom. The van der Waals surface area contributed by atoms with Crippen LogP contribution in [-0.2, 0) is 19.1 Å². The highest BCUT2D eigenvalue weighted by atomic mass is 79.9. The molecule has 1 aliphatic heterocycles. The van der Waals surface area contributed by atoms with Crippen LogP contribution < -0.4 is 5.32 Å². The van der Waals surface area contributed by atoms with Gasteiger partial charge < -0.3 is 14.8 Å². The predicted molar refractivity (Wildman–Crippen MR) is 86.1 cm³/mol. The Bertz CT molecular complexity index is 600. The van der Waals surface area contributed by atoms with Gasteiger partial charge in [-0.25, -0.2) is 9.18 Å². The average molecular weight is 386 g/mol. The Labute approximate surface area is 142 Å². The monoisotopic (exact) mass is 385 g/mol. The maximum absolute atomic E-state index is 13.5. The molecular weight excluding hydrogens is 369 g/mol. The molecule has 1 N–H and O–H groups in total. The van der Waals surface area contributed by atoms with Crippen LogP contribution >= 0.6 is 15.9 Å². The molecule has 1 aliphatic rings. The van der Waals surface area contributed by atoms with Gasteiger partial charge in [0, 0.05) is 29.3 Å². The lowest BCUT2D eigenvalue weighted by Gasteiger charge is -2.10. The molecule has 0 spiro atoms. The van der Waals surface area contributed by atoms with Crippen molar-refractivity contribution in [3.8, 4) is 0 Å². The summed E-state index contributed by atoms with van der Waals surface area (Å²) >= 11 is 3.22. The maximum Gasteiger partial charge on any atom is 0.331 e. The molecule has 0 saturated carbocycles. The highest BCUT2D eigenvalue weighted by Gasteiger charge is 2.16. The molecule has 0 aliphatic carbocycles. The van der Waals surface area contributed by atoms with Crippen molar-refractivity contribution < 1.29 is 23.5 Å². The number of carbonyl (C=O) groups excluding carboxylic acids is 2. The van der Waals surface area contributed by atoms with Gasteiger partial charge >= 0.3 is 5.97 Å². The molecule has 1 aromatic carbocycles. The Kier molecular flexibility index (Phi) is 6.73. The molecule has 0 bridgehead atoms. The number of nitrogens with one attached hydrogen (secondary N) is 1. The number of rotatable bonds is 6. The summed E-state index contributed by atoms with van der Waals surface area (Å²) in [5, 5.41) is 2.64. The standard InChI is InChI=1S/C16H17BrFNO4/c17-12-4-5-14(18)11(8-12)3-6-16(21)23-10-15(20)19-9-13-2-1-7-22-13/h3-6,8,13H,1-2,7,9-10H2,(H,19,20)/b6-3+/t13-/m0/s1. The van der Waals surface area contributed by atoms with E-state index in [1.807, 2.05) is 0 Å². The van der Waals surface area contributed by atoms with Crippen molar-refractivity contribution in [2.45, 2.75) is 18.9 Å². The lowest BCUT2D eigenvalue weighted by atomic mass is 10.2. The van der Waals surface area contributed by atoms with Gasteiger partial charge in [-0.1, -0.05) is 15.9 Å². The predicted octanol–water partition coefficient (Wildman–Crippen LogP) is 2.44. The summed E-state index contributed by atoms with van der Waals surface area (Å²) in [6, 6.07) is 4.38. The van der Waals surface area contributed by atoms with Gasteiger partial charge in [-0.3, -0.25) is 4.79 Å².